The third-order valence-corrected chi connectivity index (χ3v) is 3.92. The predicted octanol–water partition coefficient (Wildman–Crippen LogP) is -1.65. The second-order valence-electron chi connectivity index (χ2n) is 4.90. The van der Waals surface area contributed by atoms with Crippen molar-refractivity contribution in [2.24, 2.45) is 5.73 Å². The van der Waals surface area contributed by atoms with E-state index in [4.69, 9.17) is 31.4 Å². The number of nitrogens with zero attached hydrogens (tertiary/aromatic N) is 2. The molecule has 1 aliphatic rings. The summed E-state index contributed by atoms with van der Waals surface area (Å²) in [6.07, 6.45) is 2.26. The van der Waals surface area contributed by atoms with Crippen molar-refractivity contribution >= 4 is 13.7 Å². The minimum atomic E-state index is -4.73. The third-order valence-electron chi connectivity index (χ3n) is 3.43. The lowest BCUT2D eigenvalue weighted by molar-refractivity contribution is -0.0600. The summed E-state index contributed by atoms with van der Waals surface area (Å²) < 4.78 is 27.1. The van der Waals surface area contributed by atoms with Gasteiger partial charge in [-0.15, -0.1) is 6.42 Å². The van der Waals surface area contributed by atoms with Gasteiger partial charge in [-0.05, 0) is 5.92 Å². The van der Waals surface area contributed by atoms with Crippen LogP contribution in [0.5, 0.6) is 0 Å². The molecule has 1 aromatic rings. The van der Waals surface area contributed by atoms with Crippen LogP contribution in [0.3, 0.4) is 0 Å². The SMILES string of the molecule is C#Cc1c(C(N)=O)ncn1[C@@H]1O[C@H](COP(=O)(O)O)[C@@H](O)[C@H]1OC. The second kappa shape index (κ2) is 7.00. The number of phosphoric ester groups is 1. The molecule has 2 rings (SSSR count). The second-order valence-corrected chi connectivity index (χ2v) is 6.14. The van der Waals surface area contributed by atoms with Gasteiger partial charge in [0.25, 0.3) is 5.91 Å². The normalized spacial score (nSPS) is 27.1. The molecular formula is C12H16N3O8P. The maximum absolute atomic E-state index is 11.3. The first-order valence-corrected chi connectivity index (χ1v) is 8.12. The van der Waals surface area contributed by atoms with E-state index in [1.807, 2.05) is 0 Å². The maximum atomic E-state index is 11.3. The van der Waals surface area contributed by atoms with Crippen molar-refractivity contribution in [1.82, 2.24) is 9.55 Å². The van der Waals surface area contributed by atoms with Gasteiger partial charge in [0.1, 0.15) is 24.0 Å². The van der Waals surface area contributed by atoms with Gasteiger partial charge >= 0.3 is 7.82 Å². The third kappa shape index (κ3) is 3.66. The molecule has 0 saturated carbocycles. The number of rotatable bonds is 6. The molecule has 5 N–H and O–H groups in total. The number of ether oxygens (including phenoxy) is 2. The first-order chi connectivity index (χ1) is 11.2. The van der Waals surface area contributed by atoms with Crippen molar-refractivity contribution in [3.05, 3.63) is 17.7 Å². The van der Waals surface area contributed by atoms with Crippen LogP contribution in [0.2, 0.25) is 0 Å². The Labute approximate surface area is 136 Å². The first-order valence-electron chi connectivity index (χ1n) is 6.59. The van der Waals surface area contributed by atoms with Gasteiger partial charge in [0.05, 0.1) is 12.9 Å². The summed E-state index contributed by atoms with van der Waals surface area (Å²) in [5, 5.41) is 10.2. The Balaban J connectivity index is 2.29. The Morgan fingerprint density at radius 1 is 1.62 bits per heavy atom. The number of aliphatic hydroxyl groups is 1. The average molecular weight is 361 g/mol. The highest BCUT2D eigenvalue weighted by atomic mass is 31.2. The number of amides is 1. The summed E-state index contributed by atoms with van der Waals surface area (Å²) in [7, 11) is -3.43. The maximum Gasteiger partial charge on any atom is 0.469 e. The van der Waals surface area contributed by atoms with Crippen LogP contribution in [0.15, 0.2) is 6.33 Å². The Hall–Kier alpha value is -1.77. The average Bonchev–Trinajstić information content (AvgIpc) is 3.04. The van der Waals surface area contributed by atoms with E-state index < -0.39 is 44.9 Å². The van der Waals surface area contributed by atoms with E-state index in [-0.39, 0.29) is 11.4 Å². The summed E-state index contributed by atoms with van der Waals surface area (Å²) >= 11 is 0. The molecule has 2 heterocycles. The van der Waals surface area contributed by atoms with E-state index in [9.17, 15) is 14.5 Å². The van der Waals surface area contributed by atoms with Crippen molar-refractivity contribution in [2.75, 3.05) is 13.7 Å². The topological polar surface area (TPSA) is 166 Å². The predicted molar refractivity (Wildman–Crippen MR) is 77.4 cm³/mol. The van der Waals surface area contributed by atoms with Crippen LogP contribution in [-0.2, 0) is 18.6 Å². The van der Waals surface area contributed by atoms with Gasteiger partial charge in [0.15, 0.2) is 11.9 Å². The van der Waals surface area contributed by atoms with Crippen LogP contribution in [0.25, 0.3) is 0 Å². The summed E-state index contributed by atoms with van der Waals surface area (Å²) in [4.78, 5) is 32.6. The van der Waals surface area contributed by atoms with E-state index in [0.29, 0.717) is 0 Å². The molecule has 1 aliphatic heterocycles. The molecule has 0 aliphatic carbocycles. The highest BCUT2D eigenvalue weighted by Crippen LogP contribution is 2.39. The monoisotopic (exact) mass is 361 g/mol. The minimum absolute atomic E-state index is 0.0262. The number of imidazole rings is 1. The number of carbonyl (C=O) groups is 1. The number of primary amides is 1. The van der Waals surface area contributed by atoms with E-state index in [1.165, 1.54) is 18.0 Å². The van der Waals surface area contributed by atoms with Crippen LogP contribution < -0.4 is 5.73 Å². The Morgan fingerprint density at radius 2 is 2.29 bits per heavy atom. The molecule has 0 aromatic carbocycles. The van der Waals surface area contributed by atoms with Gasteiger partial charge in [-0.3, -0.25) is 13.9 Å². The van der Waals surface area contributed by atoms with Crippen molar-refractivity contribution in [3.63, 3.8) is 0 Å². The lowest BCUT2D eigenvalue weighted by atomic mass is 10.1. The highest BCUT2D eigenvalue weighted by molar-refractivity contribution is 7.46. The fourth-order valence-corrected chi connectivity index (χ4v) is 2.72. The van der Waals surface area contributed by atoms with Crippen molar-refractivity contribution in [2.45, 2.75) is 24.5 Å². The number of aliphatic hydroxyl groups excluding tert-OH is 1. The number of carbonyl (C=O) groups excluding carboxylic acids is 1. The number of hydrogen-bond donors (Lipinski definition) is 4. The number of hydrogen-bond acceptors (Lipinski definition) is 7. The van der Waals surface area contributed by atoms with Gasteiger partial charge < -0.3 is 30.1 Å². The van der Waals surface area contributed by atoms with Crippen molar-refractivity contribution < 1.29 is 38.3 Å². The molecule has 1 saturated heterocycles. The number of phosphoric acid groups is 1. The smallest absolute Gasteiger partial charge is 0.387 e. The molecule has 1 aromatic heterocycles. The molecular weight excluding hydrogens is 345 g/mol. The van der Waals surface area contributed by atoms with Crippen LogP contribution in [0.4, 0.5) is 0 Å². The Morgan fingerprint density at radius 3 is 2.79 bits per heavy atom. The molecule has 12 heteroatoms. The van der Waals surface area contributed by atoms with Gasteiger partial charge in [-0.25, -0.2) is 9.55 Å². The lowest BCUT2D eigenvalue weighted by Gasteiger charge is -2.20. The molecule has 11 nitrogen and oxygen atoms in total. The molecule has 1 amide bonds. The summed E-state index contributed by atoms with van der Waals surface area (Å²) in [6, 6.07) is 0. The zero-order valence-corrected chi connectivity index (χ0v) is 13.4. The van der Waals surface area contributed by atoms with Crippen LogP contribution in [-0.4, -0.2) is 62.4 Å². The van der Waals surface area contributed by atoms with E-state index in [0.717, 1.165) is 0 Å². The molecule has 1 fully saturated rings. The quantitative estimate of drug-likeness (QED) is 0.343. The van der Waals surface area contributed by atoms with E-state index in [1.54, 1.807) is 0 Å². The number of aromatic nitrogens is 2. The fourth-order valence-electron chi connectivity index (χ4n) is 2.38. The van der Waals surface area contributed by atoms with Gasteiger partial charge in [0.2, 0.25) is 0 Å². The van der Waals surface area contributed by atoms with Crippen LogP contribution in [0.1, 0.15) is 22.4 Å². The van der Waals surface area contributed by atoms with Crippen LogP contribution in [0, 0.1) is 12.3 Å². The molecule has 132 valence electrons. The summed E-state index contributed by atoms with van der Waals surface area (Å²) in [6.45, 7) is -0.579. The van der Waals surface area contributed by atoms with E-state index in [2.05, 4.69) is 15.4 Å². The van der Waals surface area contributed by atoms with Crippen molar-refractivity contribution in [1.29, 1.82) is 0 Å². The van der Waals surface area contributed by atoms with E-state index >= 15 is 0 Å². The van der Waals surface area contributed by atoms with Gasteiger partial charge in [-0.2, -0.15) is 0 Å². The molecule has 0 radical (unpaired) electrons. The summed E-state index contributed by atoms with van der Waals surface area (Å²) in [5.74, 6) is 1.42. The molecule has 4 atom stereocenters. The standard InChI is InChI=1S/C12H16N3O8P/c1-3-6-8(11(13)17)14-5-15(6)12-10(21-2)9(16)7(23-12)4-22-24(18,19)20/h1,5,7,9-10,12,16H,4H2,2H3,(H2,13,17)(H2,18,19,20)/t7-,9-,10-,12-/m1/s1. The van der Waals surface area contributed by atoms with Crippen LogP contribution >= 0.6 is 7.82 Å². The number of terminal acetylenes is 1. The Kier molecular flexibility index (Phi) is 5.42. The molecule has 0 unspecified atom stereocenters. The highest BCUT2D eigenvalue weighted by Gasteiger charge is 2.46. The number of nitrogens with two attached hydrogens (primary N) is 1. The first kappa shape index (κ1) is 18.6. The van der Waals surface area contributed by atoms with Gasteiger partial charge in [0, 0.05) is 7.11 Å². The molecule has 24 heavy (non-hydrogen) atoms. The number of methoxy groups -OCH3 is 1. The van der Waals surface area contributed by atoms with Crippen molar-refractivity contribution in [3.8, 4) is 12.3 Å². The zero-order chi connectivity index (χ0) is 18.1. The fraction of sp³-hybridized carbons (Fsp3) is 0.500. The summed E-state index contributed by atoms with van der Waals surface area (Å²) in [5.41, 5.74) is 5.05. The largest absolute Gasteiger partial charge is 0.469 e. The minimum Gasteiger partial charge on any atom is -0.387 e. The molecule has 0 spiro atoms. The Bertz CT molecular complexity index is 708. The van der Waals surface area contributed by atoms with Gasteiger partial charge in [-0.1, -0.05) is 0 Å². The lowest BCUT2D eigenvalue weighted by Crippen LogP contribution is -2.35. The molecule has 0 bridgehead atoms. The zero-order valence-electron chi connectivity index (χ0n) is 12.5.